The molecule has 0 fully saturated rings. The summed E-state index contributed by atoms with van der Waals surface area (Å²) < 4.78 is 13.2. The van der Waals surface area contributed by atoms with Gasteiger partial charge in [0.25, 0.3) is 5.56 Å². The zero-order valence-corrected chi connectivity index (χ0v) is 33.1. The minimum atomic E-state index is -2.55. The fourth-order valence-corrected chi connectivity index (χ4v) is 6.59. The van der Waals surface area contributed by atoms with E-state index in [1.807, 2.05) is 0 Å². The number of benzene rings is 3. The van der Waals surface area contributed by atoms with Crippen LogP contribution in [0.25, 0.3) is 33.2 Å². The molecule has 3 aromatic carbocycles. The molecule has 0 unspecified atom stereocenters. The zero-order chi connectivity index (χ0) is 42.7. The second kappa shape index (κ2) is 17.4. The molecule has 0 saturated heterocycles. The highest BCUT2D eigenvalue weighted by Crippen LogP contribution is 2.56. The monoisotopic (exact) mass is 794 g/mol. The van der Waals surface area contributed by atoms with Gasteiger partial charge in [-0.2, -0.15) is 5.10 Å². The minimum Gasteiger partial charge on any atom is -0.508 e. The molecule has 59 heavy (non-hydrogen) atoms. The number of aromatic hydroxyl groups is 1. The summed E-state index contributed by atoms with van der Waals surface area (Å²) in [7, 11) is 41.3. The number of fused-ring (bicyclic) bond motifs is 2. The van der Waals surface area contributed by atoms with Crippen LogP contribution in [0.15, 0.2) is 77.9 Å². The summed E-state index contributed by atoms with van der Waals surface area (Å²) in [6.07, 6.45) is 1.30. The van der Waals surface area contributed by atoms with Crippen LogP contribution in [0.3, 0.4) is 0 Å². The van der Waals surface area contributed by atoms with Crippen LogP contribution in [0.4, 0.5) is 5.82 Å². The van der Waals surface area contributed by atoms with Crippen molar-refractivity contribution in [3.05, 3.63) is 105 Å². The first-order valence-corrected chi connectivity index (χ1v) is 18.5. The third kappa shape index (κ3) is 8.53. The average molecular weight is 794 g/mol. The number of anilines is 1. The summed E-state index contributed by atoms with van der Waals surface area (Å²) in [4.78, 5) is 43.2. The SMILES string of the molecule is [B]C([B])(C#Cc1cccc2nc(Cn3nc(-c4cccc(O)c4)c4c(N)ncnc43)n(Cc3ccccc3Cl)c(=O)c12)C([B])([B])C([B])([B])C(=O)N(CCOC)CCOC. The minimum absolute atomic E-state index is 0.00563. The Morgan fingerprint density at radius 3 is 2.31 bits per heavy atom. The van der Waals surface area contributed by atoms with Crippen LogP contribution in [0.2, 0.25) is 20.7 Å². The molecule has 20 heteroatoms. The lowest BCUT2D eigenvalue weighted by molar-refractivity contribution is -0.134. The number of carbonyl (C=O) groups excluding carboxylic acids is 1. The number of methoxy groups -OCH3 is 2. The molecule has 0 aliphatic carbocycles. The van der Waals surface area contributed by atoms with E-state index in [0.717, 1.165) is 0 Å². The fraction of sp³-hybridized carbons (Fsp3) is 0.282. The molecule has 6 rings (SSSR count). The highest BCUT2D eigenvalue weighted by atomic mass is 35.5. The van der Waals surface area contributed by atoms with Crippen LogP contribution in [0.5, 0.6) is 5.75 Å². The van der Waals surface area contributed by atoms with Crippen molar-refractivity contribution in [2.75, 3.05) is 46.3 Å². The molecule has 0 atom stereocenters. The van der Waals surface area contributed by atoms with Crippen LogP contribution in [-0.4, -0.2) is 133 Å². The molecule has 3 aromatic heterocycles. The van der Waals surface area contributed by atoms with Crippen molar-refractivity contribution in [2.45, 2.75) is 28.7 Å². The Morgan fingerprint density at radius 2 is 1.63 bits per heavy atom. The summed E-state index contributed by atoms with van der Waals surface area (Å²) in [5, 5.41) is 8.50. The Kier molecular flexibility index (Phi) is 12.8. The number of hydrogen-bond acceptors (Lipinski definition) is 10. The summed E-state index contributed by atoms with van der Waals surface area (Å²) in [5.74, 6) is 5.03. The molecule has 0 aliphatic rings. The van der Waals surface area contributed by atoms with Gasteiger partial charge in [-0.15, -0.1) is 5.92 Å². The second-order valence-electron chi connectivity index (χ2n) is 13.9. The molecule has 13 nitrogen and oxygen atoms in total. The average Bonchev–Trinajstić information content (AvgIpc) is 3.58. The van der Waals surface area contributed by atoms with Gasteiger partial charge in [0.05, 0.1) is 83.1 Å². The van der Waals surface area contributed by atoms with Crippen LogP contribution < -0.4 is 11.3 Å². The fourth-order valence-electron chi connectivity index (χ4n) is 6.40. The first-order valence-electron chi connectivity index (χ1n) is 18.1. The van der Waals surface area contributed by atoms with Crippen molar-refractivity contribution in [3.63, 3.8) is 0 Å². The van der Waals surface area contributed by atoms with E-state index in [-0.39, 0.29) is 73.3 Å². The van der Waals surface area contributed by atoms with Crippen molar-refractivity contribution in [3.8, 4) is 28.8 Å². The number of amides is 1. The molecule has 0 spiro atoms. The maximum Gasteiger partial charge on any atom is 0.263 e. The van der Waals surface area contributed by atoms with E-state index < -0.39 is 27.1 Å². The smallest absolute Gasteiger partial charge is 0.263 e. The van der Waals surface area contributed by atoms with Gasteiger partial charge in [-0.25, -0.2) is 19.6 Å². The number of rotatable bonds is 14. The highest BCUT2D eigenvalue weighted by molar-refractivity contribution is 6.66. The lowest BCUT2D eigenvalue weighted by Gasteiger charge is -2.53. The second-order valence-corrected chi connectivity index (χ2v) is 14.3. The van der Waals surface area contributed by atoms with Crippen molar-refractivity contribution in [2.24, 2.45) is 0 Å². The third-order valence-corrected chi connectivity index (χ3v) is 10.2. The van der Waals surface area contributed by atoms with E-state index in [0.29, 0.717) is 32.9 Å². The molecule has 6 aromatic rings. The molecule has 0 saturated carbocycles. The van der Waals surface area contributed by atoms with E-state index in [2.05, 4.69) is 21.8 Å². The maximum absolute atomic E-state index is 14.8. The lowest BCUT2D eigenvalue weighted by atomic mass is 9.17. The molecule has 284 valence electrons. The highest BCUT2D eigenvalue weighted by Gasteiger charge is 2.49. The summed E-state index contributed by atoms with van der Waals surface area (Å²) in [6, 6.07) is 18.4. The van der Waals surface area contributed by atoms with E-state index in [1.165, 1.54) is 36.1 Å². The number of hydrogen-bond donors (Lipinski definition) is 2. The number of phenols is 1. The summed E-state index contributed by atoms with van der Waals surface area (Å²) in [5.41, 5.74) is 8.19. The van der Waals surface area contributed by atoms with Gasteiger partial charge < -0.3 is 25.2 Å². The van der Waals surface area contributed by atoms with E-state index in [9.17, 15) is 14.7 Å². The predicted molar refractivity (Wildman–Crippen MR) is 232 cm³/mol. The number of nitrogens with zero attached hydrogens (tertiary/aromatic N) is 7. The first kappa shape index (κ1) is 43.2. The molecule has 0 aliphatic heterocycles. The molecular weight excluding hydrogens is 761 g/mol. The summed E-state index contributed by atoms with van der Waals surface area (Å²) >= 11 is 6.60. The van der Waals surface area contributed by atoms with Gasteiger partial charge in [-0.05, 0) is 41.1 Å². The van der Waals surface area contributed by atoms with Crippen LogP contribution in [0.1, 0.15) is 17.0 Å². The number of aromatic nitrogens is 6. The zero-order valence-electron chi connectivity index (χ0n) is 32.3. The Hall–Kier alpha value is -5.42. The van der Waals surface area contributed by atoms with Gasteiger partial charge in [0.1, 0.15) is 36.0 Å². The standard InChI is InChI=1S/C39H33B6ClN8O5/c1-58-17-15-52(16-18-59-2)36(57)38(42,43)39(44,45)37(40,41)14-13-23-8-6-12-28-30(23)35(56)53(20-25-7-3-4-11-27(25)46)29(50-28)21-54-34-31(33(47)48-22-49-34)32(51-54)24-9-5-10-26(55)19-24/h3-12,19,22,55H,15-18,20-21H2,1-2H3,(H2,47,48,49). The lowest BCUT2D eigenvalue weighted by Crippen LogP contribution is -2.53. The number of nitrogen functional groups attached to an aromatic ring is 1. The number of phenolic OH excluding ortho intramolecular Hbond substituents is 1. The van der Waals surface area contributed by atoms with Crippen molar-refractivity contribution in [1.82, 2.24) is 34.2 Å². The van der Waals surface area contributed by atoms with Gasteiger partial charge in [0.2, 0.25) is 5.91 Å². The number of halogens is 1. The van der Waals surface area contributed by atoms with Gasteiger partial charge in [-0.3, -0.25) is 14.2 Å². The van der Waals surface area contributed by atoms with Crippen molar-refractivity contribution in [1.29, 1.82) is 0 Å². The molecule has 1 amide bonds. The Labute approximate surface area is 353 Å². The number of carbonyl (C=O) groups is 1. The van der Waals surface area contributed by atoms with Crippen LogP contribution >= 0.6 is 11.6 Å². The Balaban J connectivity index is 1.46. The maximum atomic E-state index is 14.8. The molecule has 12 radical (unpaired) electrons. The number of nitrogens with two attached hydrogens (primary N) is 1. The van der Waals surface area contributed by atoms with Gasteiger partial charge >= 0.3 is 0 Å². The molecule has 3 heterocycles. The number of ether oxygens (including phenoxy) is 2. The summed E-state index contributed by atoms with van der Waals surface area (Å²) in [6.45, 7) is 0.396. The van der Waals surface area contributed by atoms with E-state index >= 15 is 0 Å². The van der Waals surface area contributed by atoms with Gasteiger partial charge in [0, 0.05) is 43.5 Å². The quantitative estimate of drug-likeness (QED) is 0.123. The Morgan fingerprint density at radius 1 is 0.932 bits per heavy atom. The van der Waals surface area contributed by atoms with Crippen LogP contribution in [0, 0.1) is 11.8 Å². The molecule has 0 bridgehead atoms. The predicted octanol–water partition coefficient (Wildman–Crippen LogP) is 2.07. The molecular formula is C39H33B6ClN8O5. The van der Waals surface area contributed by atoms with Crippen LogP contribution in [-0.2, 0) is 27.4 Å². The normalized spacial score (nSPS) is 12.1. The largest absolute Gasteiger partial charge is 0.508 e. The van der Waals surface area contributed by atoms with Crippen molar-refractivity contribution >= 4 is 92.3 Å². The molecule has 3 N–H and O–H groups in total. The van der Waals surface area contributed by atoms with Gasteiger partial charge in [0.15, 0.2) is 5.65 Å². The van der Waals surface area contributed by atoms with Crippen molar-refractivity contribution < 1.29 is 19.4 Å². The van der Waals surface area contributed by atoms with Gasteiger partial charge in [-0.1, -0.05) is 64.3 Å². The Bertz CT molecular complexity index is 2660. The van der Waals surface area contributed by atoms with E-state index in [4.69, 9.17) is 84.0 Å². The third-order valence-electron chi connectivity index (χ3n) is 9.86. The topological polar surface area (TPSA) is 164 Å². The van der Waals surface area contributed by atoms with E-state index in [1.54, 1.807) is 65.3 Å². The first-order chi connectivity index (χ1) is 28.0.